The summed E-state index contributed by atoms with van der Waals surface area (Å²) in [5, 5.41) is 10.8. The van der Waals surface area contributed by atoms with Crippen molar-refractivity contribution in [1.29, 1.82) is 0 Å². The maximum absolute atomic E-state index is 10.8. The molecule has 0 radical (unpaired) electrons. The Balaban J connectivity index is 2.37. The van der Waals surface area contributed by atoms with E-state index in [9.17, 15) is 10.1 Å². The molecule has 6 heteroatoms. The fraction of sp³-hybridized carbons (Fsp3) is 0. The van der Waals surface area contributed by atoms with Crippen LogP contribution >= 0.6 is 0 Å². The van der Waals surface area contributed by atoms with Crippen molar-refractivity contribution in [3.8, 4) is 11.6 Å². The Kier molecular flexibility index (Phi) is 2.87. The summed E-state index contributed by atoms with van der Waals surface area (Å²) in [4.78, 5) is 14.0. The van der Waals surface area contributed by atoms with Gasteiger partial charge in [-0.1, -0.05) is 12.1 Å². The van der Waals surface area contributed by atoms with E-state index in [0.29, 0.717) is 11.4 Å². The van der Waals surface area contributed by atoms with Crippen molar-refractivity contribution < 1.29 is 9.66 Å². The summed E-state index contributed by atoms with van der Waals surface area (Å²) in [6, 6.07) is 9.52. The Morgan fingerprint density at radius 2 is 2.00 bits per heavy atom. The summed E-state index contributed by atoms with van der Waals surface area (Å²) < 4.78 is 5.32. The lowest BCUT2D eigenvalue weighted by Crippen LogP contribution is -1.97. The van der Waals surface area contributed by atoms with Gasteiger partial charge in [-0.25, -0.2) is 4.98 Å². The smallest absolute Gasteiger partial charge is 0.331 e. The van der Waals surface area contributed by atoms with E-state index in [2.05, 4.69) is 4.98 Å². The molecule has 2 aromatic rings. The number of anilines is 1. The molecule has 17 heavy (non-hydrogen) atoms. The molecule has 0 atom stereocenters. The third-order valence-corrected chi connectivity index (χ3v) is 2.07. The van der Waals surface area contributed by atoms with Gasteiger partial charge in [0.1, 0.15) is 0 Å². The Morgan fingerprint density at radius 3 is 2.71 bits per heavy atom. The number of hydrogen-bond acceptors (Lipinski definition) is 5. The molecule has 1 heterocycles. The van der Waals surface area contributed by atoms with Gasteiger partial charge in [-0.15, -0.1) is 0 Å². The molecule has 1 aromatic carbocycles. The van der Waals surface area contributed by atoms with Gasteiger partial charge in [-0.3, -0.25) is 10.1 Å². The number of nitrogens with two attached hydrogens (primary N) is 1. The number of nitrogens with zero attached hydrogens (tertiary/aromatic N) is 2. The van der Waals surface area contributed by atoms with Crippen molar-refractivity contribution >= 4 is 11.4 Å². The van der Waals surface area contributed by atoms with Crippen molar-refractivity contribution in [2.75, 3.05) is 5.73 Å². The van der Waals surface area contributed by atoms with Crippen LogP contribution in [0.3, 0.4) is 0 Å². The number of hydrogen-bond donors (Lipinski definition) is 1. The fourth-order valence-corrected chi connectivity index (χ4v) is 1.28. The van der Waals surface area contributed by atoms with E-state index < -0.39 is 4.92 Å². The maximum atomic E-state index is 10.8. The first-order valence-electron chi connectivity index (χ1n) is 4.80. The van der Waals surface area contributed by atoms with Crippen LogP contribution < -0.4 is 10.5 Å². The molecule has 2 rings (SSSR count). The van der Waals surface area contributed by atoms with Gasteiger partial charge in [-0.05, 0) is 18.2 Å². The number of nitro groups is 1. The van der Waals surface area contributed by atoms with Crippen molar-refractivity contribution in [2.24, 2.45) is 0 Å². The van der Waals surface area contributed by atoms with Crippen LogP contribution in [-0.4, -0.2) is 9.91 Å². The molecule has 2 N–H and O–H groups in total. The minimum Gasteiger partial charge on any atom is -0.431 e. The van der Waals surface area contributed by atoms with Crippen LogP contribution in [0.2, 0.25) is 0 Å². The predicted molar refractivity (Wildman–Crippen MR) is 61.8 cm³/mol. The van der Waals surface area contributed by atoms with E-state index in [4.69, 9.17) is 10.5 Å². The molecule has 6 nitrogen and oxygen atoms in total. The highest BCUT2D eigenvalue weighted by atomic mass is 16.6. The van der Waals surface area contributed by atoms with Gasteiger partial charge in [0.2, 0.25) is 0 Å². The normalized spacial score (nSPS) is 9.88. The first-order valence-corrected chi connectivity index (χ1v) is 4.80. The van der Waals surface area contributed by atoms with Crippen LogP contribution in [0.25, 0.3) is 0 Å². The number of para-hydroxylation sites is 2. The molecule has 0 aliphatic carbocycles. The summed E-state index contributed by atoms with van der Waals surface area (Å²) in [6.45, 7) is 0. The zero-order chi connectivity index (χ0) is 12.3. The lowest BCUT2D eigenvalue weighted by molar-refractivity contribution is -0.386. The third-order valence-electron chi connectivity index (χ3n) is 2.07. The number of aromatic nitrogens is 1. The number of benzene rings is 1. The summed E-state index contributed by atoms with van der Waals surface area (Å²) in [5.41, 5.74) is 5.87. The molecule has 0 unspecified atom stereocenters. The standard InChI is InChI=1S/C11H9N3O3/c12-8-4-1-2-6-10(8)17-11-9(14(15)16)5-3-7-13-11/h1-7H,12H2. The average Bonchev–Trinajstić information content (AvgIpc) is 2.32. The summed E-state index contributed by atoms with van der Waals surface area (Å²) in [5.74, 6) is 0.268. The molecule has 0 aliphatic heterocycles. The van der Waals surface area contributed by atoms with E-state index in [-0.39, 0.29) is 11.6 Å². The van der Waals surface area contributed by atoms with E-state index in [0.717, 1.165) is 0 Å². The Bertz CT molecular complexity index is 557. The largest absolute Gasteiger partial charge is 0.431 e. The molecular weight excluding hydrogens is 222 g/mol. The van der Waals surface area contributed by atoms with Crippen LogP contribution in [0.1, 0.15) is 0 Å². The third kappa shape index (κ3) is 2.31. The minimum atomic E-state index is -0.554. The van der Waals surface area contributed by atoms with Gasteiger partial charge >= 0.3 is 5.69 Å². The first-order chi connectivity index (χ1) is 8.18. The van der Waals surface area contributed by atoms with E-state index in [1.165, 1.54) is 18.3 Å². The van der Waals surface area contributed by atoms with Crippen molar-refractivity contribution in [2.45, 2.75) is 0 Å². The Labute approximate surface area is 96.8 Å². The average molecular weight is 231 g/mol. The van der Waals surface area contributed by atoms with Gasteiger partial charge in [0.25, 0.3) is 5.88 Å². The topological polar surface area (TPSA) is 91.3 Å². The quantitative estimate of drug-likeness (QED) is 0.497. The van der Waals surface area contributed by atoms with Crippen LogP contribution in [0.5, 0.6) is 11.6 Å². The molecule has 86 valence electrons. The maximum Gasteiger partial charge on any atom is 0.331 e. The zero-order valence-electron chi connectivity index (χ0n) is 8.74. The van der Waals surface area contributed by atoms with Crippen LogP contribution in [0, 0.1) is 10.1 Å². The predicted octanol–water partition coefficient (Wildman–Crippen LogP) is 2.36. The molecule has 1 aromatic heterocycles. The number of nitrogen functional groups attached to an aromatic ring is 1. The highest BCUT2D eigenvalue weighted by molar-refractivity contribution is 5.54. The second kappa shape index (κ2) is 4.48. The van der Waals surface area contributed by atoms with E-state index in [1.807, 2.05) is 0 Å². The Morgan fingerprint density at radius 1 is 1.24 bits per heavy atom. The first kappa shape index (κ1) is 10.9. The van der Waals surface area contributed by atoms with Gasteiger partial charge in [-0.2, -0.15) is 0 Å². The van der Waals surface area contributed by atoms with Gasteiger partial charge in [0.15, 0.2) is 5.75 Å². The second-order valence-corrected chi connectivity index (χ2v) is 3.22. The van der Waals surface area contributed by atoms with E-state index >= 15 is 0 Å². The second-order valence-electron chi connectivity index (χ2n) is 3.22. The molecule has 0 amide bonds. The summed E-state index contributed by atoms with van der Waals surface area (Å²) in [6.07, 6.45) is 1.42. The summed E-state index contributed by atoms with van der Waals surface area (Å²) in [7, 11) is 0. The molecule has 0 saturated carbocycles. The van der Waals surface area contributed by atoms with Crippen molar-refractivity contribution in [1.82, 2.24) is 4.98 Å². The Hall–Kier alpha value is -2.63. The lowest BCUT2D eigenvalue weighted by atomic mass is 10.3. The highest BCUT2D eigenvalue weighted by Crippen LogP contribution is 2.31. The van der Waals surface area contributed by atoms with E-state index in [1.54, 1.807) is 24.3 Å². The number of pyridine rings is 1. The van der Waals surface area contributed by atoms with Crippen molar-refractivity contribution in [3.05, 3.63) is 52.7 Å². The molecule has 0 saturated heterocycles. The minimum absolute atomic E-state index is 0.0737. The van der Waals surface area contributed by atoms with Crippen molar-refractivity contribution in [3.63, 3.8) is 0 Å². The van der Waals surface area contributed by atoms with Crippen LogP contribution in [-0.2, 0) is 0 Å². The molecular formula is C11H9N3O3. The van der Waals surface area contributed by atoms with Crippen LogP contribution in [0.15, 0.2) is 42.6 Å². The number of rotatable bonds is 3. The van der Waals surface area contributed by atoms with Gasteiger partial charge < -0.3 is 10.5 Å². The number of ether oxygens (including phenoxy) is 1. The fourth-order valence-electron chi connectivity index (χ4n) is 1.28. The monoisotopic (exact) mass is 231 g/mol. The van der Waals surface area contributed by atoms with Gasteiger partial charge in [0.05, 0.1) is 10.6 Å². The molecule has 0 bridgehead atoms. The SMILES string of the molecule is Nc1ccccc1Oc1ncccc1[N+](=O)[O-]. The molecule has 0 fully saturated rings. The molecule has 0 aliphatic rings. The zero-order valence-corrected chi connectivity index (χ0v) is 8.74. The van der Waals surface area contributed by atoms with Crippen LogP contribution in [0.4, 0.5) is 11.4 Å². The van der Waals surface area contributed by atoms with Gasteiger partial charge in [0, 0.05) is 12.3 Å². The highest BCUT2D eigenvalue weighted by Gasteiger charge is 2.16. The molecule has 0 spiro atoms. The lowest BCUT2D eigenvalue weighted by Gasteiger charge is -2.06. The summed E-state index contributed by atoms with van der Waals surface area (Å²) >= 11 is 0.